The molecule has 2 atom stereocenters. The first kappa shape index (κ1) is 9.94. The second-order valence-electron chi connectivity index (χ2n) is 3.30. The van der Waals surface area contributed by atoms with E-state index in [0.717, 1.165) is 25.7 Å². The maximum atomic E-state index is 11.1. The predicted molar refractivity (Wildman–Crippen MR) is 48.6 cm³/mol. The second kappa shape index (κ2) is 3.71. The van der Waals surface area contributed by atoms with Crippen LogP contribution in [0.3, 0.4) is 0 Å². The number of esters is 1. The van der Waals surface area contributed by atoms with Gasteiger partial charge in [0.2, 0.25) is 0 Å². The van der Waals surface area contributed by atoms with Crippen LogP contribution in [0.5, 0.6) is 0 Å². The van der Waals surface area contributed by atoms with Crippen molar-refractivity contribution in [3.8, 4) is 0 Å². The van der Waals surface area contributed by atoms with Crippen molar-refractivity contribution < 1.29 is 14.6 Å². The molecular weight excluding hydrogens is 175 g/mol. The summed E-state index contributed by atoms with van der Waals surface area (Å²) in [6.45, 7) is 0. The Morgan fingerprint density at radius 3 is 2.50 bits per heavy atom. The molecule has 4 heteroatoms. The Morgan fingerprint density at radius 1 is 1.58 bits per heavy atom. The van der Waals surface area contributed by atoms with Gasteiger partial charge in [-0.2, -0.15) is 0 Å². The summed E-state index contributed by atoms with van der Waals surface area (Å²) in [4.78, 5) is 11.1. The van der Waals surface area contributed by atoms with E-state index in [2.05, 4.69) is 14.0 Å². The van der Waals surface area contributed by atoms with Crippen molar-refractivity contribution in [2.45, 2.75) is 31.0 Å². The summed E-state index contributed by atoms with van der Waals surface area (Å²) in [6, 6.07) is 0. The Kier molecular flexibility index (Phi) is 3.08. The van der Waals surface area contributed by atoms with Crippen LogP contribution in [0.15, 0.2) is 0 Å². The van der Waals surface area contributed by atoms with Crippen molar-refractivity contribution in [3.05, 3.63) is 0 Å². The highest BCUT2D eigenvalue weighted by molar-refractivity contribution is 7.20. The summed E-state index contributed by atoms with van der Waals surface area (Å²) in [7, 11) is 3.50. The highest BCUT2D eigenvalue weighted by Crippen LogP contribution is 2.38. The zero-order chi connectivity index (χ0) is 9.19. The molecule has 0 aromatic carbocycles. The standard InChI is InChI=1S/C8H15O3P/c1-11-7(9)8(10,12)6-4-2-3-5-6/h6,10H,2-5,12H2,1H3/t8-/m1/s1. The molecule has 0 spiro atoms. The van der Waals surface area contributed by atoms with Gasteiger partial charge < -0.3 is 9.84 Å². The molecule has 0 aliphatic heterocycles. The van der Waals surface area contributed by atoms with Gasteiger partial charge >= 0.3 is 5.97 Å². The molecule has 1 aliphatic rings. The molecule has 0 aromatic rings. The van der Waals surface area contributed by atoms with Crippen LogP contribution in [-0.2, 0) is 9.53 Å². The molecule has 0 aromatic heterocycles. The second-order valence-corrected chi connectivity index (χ2v) is 4.18. The highest BCUT2D eigenvalue weighted by atomic mass is 31.0. The molecule has 3 nitrogen and oxygen atoms in total. The molecule has 0 heterocycles. The lowest BCUT2D eigenvalue weighted by Gasteiger charge is -2.26. The minimum Gasteiger partial charge on any atom is -0.467 e. The lowest BCUT2D eigenvalue weighted by atomic mass is 10.0. The minimum atomic E-state index is -1.36. The third kappa shape index (κ3) is 1.78. The largest absolute Gasteiger partial charge is 0.467 e. The van der Waals surface area contributed by atoms with E-state index >= 15 is 0 Å². The number of ether oxygens (including phenoxy) is 1. The van der Waals surface area contributed by atoms with E-state index in [1.807, 2.05) is 0 Å². The normalized spacial score (nSPS) is 23.6. The van der Waals surface area contributed by atoms with Crippen molar-refractivity contribution in [1.29, 1.82) is 0 Å². The molecule has 1 N–H and O–H groups in total. The van der Waals surface area contributed by atoms with Crippen molar-refractivity contribution in [2.75, 3.05) is 7.11 Å². The summed E-state index contributed by atoms with van der Waals surface area (Å²) in [5.74, 6) is -0.491. The van der Waals surface area contributed by atoms with Crippen molar-refractivity contribution in [3.63, 3.8) is 0 Å². The molecular formula is C8H15O3P. The molecule has 1 fully saturated rings. The van der Waals surface area contributed by atoms with Crippen LogP contribution in [0.2, 0.25) is 0 Å². The minimum absolute atomic E-state index is 0.0509. The number of hydrogen-bond donors (Lipinski definition) is 1. The van der Waals surface area contributed by atoms with Gasteiger partial charge in [0, 0.05) is 5.92 Å². The Hall–Kier alpha value is -0.140. The summed E-state index contributed by atoms with van der Waals surface area (Å²) < 4.78 is 4.52. The molecule has 0 radical (unpaired) electrons. The molecule has 0 saturated heterocycles. The number of methoxy groups -OCH3 is 1. The predicted octanol–water partition coefficient (Wildman–Crippen LogP) is 0.913. The van der Waals surface area contributed by atoms with Crippen molar-refractivity contribution in [1.82, 2.24) is 0 Å². The van der Waals surface area contributed by atoms with Crippen LogP contribution in [0.4, 0.5) is 0 Å². The van der Waals surface area contributed by atoms with Crippen LogP contribution in [0, 0.1) is 5.92 Å². The summed E-state index contributed by atoms with van der Waals surface area (Å²) in [5, 5.41) is 8.42. The molecule has 1 aliphatic carbocycles. The number of carbonyl (C=O) groups excluding carboxylic acids is 1. The zero-order valence-electron chi connectivity index (χ0n) is 7.25. The molecule has 1 saturated carbocycles. The van der Waals surface area contributed by atoms with Crippen LogP contribution >= 0.6 is 9.24 Å². The Morgan fingerprint density at radius 2 is 2.08 bits per heavy atom. The Balaban J connectivity index is 2.62. The summed E-state index contributed by atoms with van der Waals surface area (Å²) in [5.41, 5.74) is 0. The van der Waals surface area contributed by atoms with Gasteiger partial charge in [0.25, 0.3) is 0 Å². The topological polar surface area (TPSA) is 46.5 Å². The third-order valence-electron chi connectivity index (χ3n) is 2.49. The molecule has 1 rings (SSSR count). The SMILES string of the molecule is COC(=O)[C@](O)(P)C1CCCC1. The van der Waals surface area contributed by atoms with E-state index in [4.69, 9.17) is 0 Å². The van der Waals surface area contributed by atoms with E-state index in [-0.39, 0.29) is 5.92 Å². The molecule has 0 bridgehead atoms. The first-order chi connectivity index (χ1) is 5.59. The third-order valence-corrected chi connectivity index (χ3v) is 3.20. The average molecular weight is 190 g/mol. The van der Waals surface area contributed by atoms with Gasteiger partial charge in [-0.05, 0) is 12.8 Å². The van der Waals surface area contributed by atoms with Crippen molar-refractivity contribution in [2.24, 2.45) is 5.92 Å². The Bertz CT molecular complexity index is 173. The fourth-order valence-electron chi connectivity index (χ4n) is 1.70. The van der Waals surface area contributed by atoms with Crippen LogP contribution in [0.1, 0.15) is 25.7 Å². The van der Waals surface area contributed by atoms with Crippen LogP contribution in [-0.4, -0.2) is 23.5 Å². The fourth-order valence-corrected chi connectivity index (χ4v) is 2.15. The van der Waals surface area contributed by atoms with Crippen molar-refractivity contribution >= 4 is 15.2 Å². The maximum Gasteiger partial charge on any atom is 0.341 e. The summed E-state index contributed by atoms with van der Waals surface area (Å²) >= 11 is 0. The van der Waals surface area contributed by atoms with Crippen LogP contribution < -0.4 is 0 Å². The van der Waals surface area contributed by atoms with Gasteiger partial charge in [0.1, 0.15) is 0 Å². The lowest BCUT2D eigenvalue weighted by molar-refractivity contribution is -0.157. The molecule has 1 unspecified atom stereocenters. The van der Waals surface area contributed by atoms with E-state index in [9.17, 15) is 9.90 Å². The monoisotopic (exact) mass is 190 g/mol. The van der Waals surface area contributed by atoms with E-state index in [1.54, 1.807) is 0 Å². The number of aliphatic hydroxyl groups is 1. The molecule has 0 amide bonds. The first-order valence-electron chi connectivity index (χ1n) is 4.18. The molecule has 12 heavy (non-hydrogen) atoms. The number of carbonyl (C=O) groups is 1. The summed E-state index contributed by atoms with van der Waals surface area (Å²) in [6.07, 6.45) is 4.01. The Labute approximate surface area is 74.7 Å². The zero-order valence-corrected chi connectivity index (χ0v) is 8.40. The molecule has 70 valence electrons. The number of rotatable bonds is 2. The smallest absolute Gasteiger partial charge is 0.341 e. The van der Waals surface area contributed by atoms with Crippen LogP contribution in [0.25, 0.3) is 0 Å². The van der Waals surface area contributed by atoms with Gasteiger partial charge in [-0.3, -0.25) is 0 Å². The quantitative estimate of drug-likeness (QED) is 0.520. The van der Waals surface area contributed by atoms with E-state index < -0.39 is 11.3 Å². The van der Waals surface area contributed by atoms with Gasteiger partial charge in [0.15, 0.2) is 5.34 Å². The maximum absolute atomic E-state index is 11.1. The van der Waals surface area contributed by atoms with Gasteiger partial charge in [-0.15, -0.1) is 0 Å². The average Bonchev–Trinajstić information content (AvgIpc) is 2.55. The fraction of sp³-hybridized carbons (Fsp3) is 0.875. The van der Waals surface area contributed by atoms with Gasteiger partial charge in [-0.25, -0.2) is 4.79 Å². The lowest BCUT2D eigenvalue weighted by Crippen LogP contribution is -2.39. The van der Waals surface area contributed by atoms with E-state index in [1.165, 1.54) is 7.11 Å². The first-order valence-corrected chi connectivity index (χ1v) is 4.76. The highest BCUT2D eigenvalue weighted by Gasteiger charge is 2.41. The number of hydrogen-bond acceptors (Lipinski definition) is 3. The van der Waals surface area contributed by atoms with E-state index in [0.29, 0.717) is 0 Å². The van der Waals surface area contributed by atoms with Gasteiger partial charge in [-0.1, -0.05) is 22.1 Å². The van der Waals surface area contributed by atoms with Gasteiger partial charge in [0.05, 0.1) is 7.11 Å².